The highest BCUT2D eigenvalue weighted by Gasteiger charge is 2.16. The van der Waals surface area contributed by atoms with Crippen LogP contribution in [0.3, 0.4) is 0 Å². The maximum Gasteiger partial charge on any atom is 0.125 e. The SMILES string of the molecule is COCCNCC(C)Cc1cccc2c1OCC2. The van der Waals surface area contributed by atoms with Gasteiger partial charge in [-0.15, -0.1) is 0 Å². The van der Waals surface area contributed by atoms with E-state index >= 15 is 0 Å². The van der Waals surface area contributed by atoms with E-state index in [1.54, 1.807) is 7.11 Å². The molecule has 2 rings (SSSR count). The lowest BCUT2D eigenvalue weighted by atomic mass is 9.98. The van der Waals surface area contributed by atoms with Crippen molar-refractivity contribution in [1.82, 2.24) is 5.32 Å². The zero-order valence-corrected chi connectivity index (χ0v) is 11.4. The average molecular weight is 249 g/mol. The molecule has 1 heterocycles. The third kappa shape index (κ3) is 3.47. The van der Waals surface area contributed by atoms with Gasteiger partial charge in [0.1, 0.15) is 5.75 Å². The van der Waals surface area contributed by atoms with Crippen LogP contribution in [0, 0.1) is 5.92 Å². The van der Waals surface area contributed by atoms with Crippen LogP contribution in [0.5, 0.6) is 5.75 Å². The normalized spacial score (nSPS) is 15.2. The molecule has 1 unspecified atom stereocenters. The average Bonchev–Trinajstić information content (AvgIpc) is 2.84. The van der Waals surface area contributed by atoms with Gasteiger partial charge in [0.05, 0.1) is 13.2 Å². The second-order valence-corrected chi connectivity index (χ2v) is 5.01. The standard InChI is InChI=1S/C15H23NO2/c1-12(11-16-7-9-17-2)10-14-5-3-4-13-6-8-18-15(13)14/h3-5,12,16H,6-11H2,1-2H3. The Balaban J connectivity index is 1.84. The van der Waals surface area contributed by atoms with E-state index in [2.05, 4.69) is 30.4 Å². The summed E-state index contributed by atoms with van der Waals surface area (Å²) in [6.45, 7) is 5.83. The third-order valence-corrected chi connectivity index (χ3v) is 3.34. The monoisotopic (exact) mass is 249 g/mol. The van der Waals surface area contributed by atoms with Crippen molar-refractivity contribution < 1.29 is 9.47 Å². The lowest BCUT2D eigenvalue weighted by Gasteiger charge is -2.14. The first-order valence-electron chi connectivity index (χ1n) is 6.74. The molecule has 1 aliphatic heterocycles. The van der Waals surface area contributed by atoms with E-state index in [4.69, 9.17) is 9.47 Å². The van der Waals surface area contributed by atoms with Gasteiger partial charge in [-0.05, 0) is 30.0 Å². The molecule has 0 saturated carbocycles. The van der Waals surface area contributed by atoms with Crippen LogP contribution in [0.2, 0.25) is 0 Å². The molecule has 1 N–H and O–H groups in total. The number of fused-ring (bicyclic) bond motifs is 1. The molecule has 0 spiro atoms. The Morgan fingerprint density at radius 1 is 1.44 bits per heavy atom. The summed E-state index contributed by atoms with van der Waals surface area (Å²) in [6, 6.07) is 6.51. The first-order chi connectivity index (χ1) is 8.81. The molecule has 18 heavy (non-hydrogen) atoms. The number of rotatable bonds is 7. The lowest BCUT2D eigenvalue weighted by molar-refractivity contribution is 0.198. The number of hydrogen-bond donors (Lipinski definition) is 1. The maximum absolute atomic E-state index is 5.73. The van der Waals surface area contributed by atoms with Gasteiger partial charge < -0.3 is 14.8 Å². The van der Waals surface area contributed by atoms with Crippen molar-refractivity contribution in [2.45, 2.75) is 19.8 Å². The molecule has 3 nitrogen and oxygen atoms in total. The van der Waals surface area contributed by atoms with Gasteiger partial charge in [0.25, 0.3) is 0 Å². The minimum atomic E-state index is 0.609. The molecule has 3 heteroatoms. The van der Waals surface area contributed by atoms with Crippen LogP contribution in [-0.4, -0.2) is 33.4 Å². The van der Waals surface area contributed by atoms with Gasteiger partial charge in [-0.25, -0.2) is 0 Å². The van der Waals surface area contributed by atoms with Gasteiger partial charge in [-0.1, -0.05) is 25.1 Å². The van der Waals surface area contributed by atoms with E-state index in [0.29, 0.717) is 5.92 Å². The number of hydrogen-bond acceptors (Lipinski definition) is 3. The Labute approximate surface area is 109 Å². The van der Waals surface area contributed by atoms with Crippen molar-refractivity contribution >= 4 is 0 Å². The summed E-state index contributed by atoms with van der Waals surface area (Å²) in [6.07, 6.45) is 2.13. The molecule has 0 saturated heterocycles. The molecule has 0 amide bonds. The van der Waals surface area contributed by atoms with E-state index in [1.165, 1.54) is 11.1 Å². The van der Waals surface area contributed by atoms with Crippen molar-refractivity contribution in [3.05, 3.63) is 29.3 Å². The van der Waals surface area contributed by atoms with Gasteiger partial charge in [0.15, 0.2) is 0 Å². The molecule has 1 aliphatic rings. The Hall–Kier alpha value is -1.06. The molecule has 0 fully saturated rings. The van der Waals surface area contributed by atoms with Crippen LogP contribution in [0.15, 0.2) is 18.2 Å². The Bertz CT molecular complexity index is 379. The van der Waals surface area contributed by atoms with Gasteiger partial charge in [-0.2, -0.15) is 0 Å². The number of nitrogens with one attached hydrogen (secondary N) is 1. The van der Waals surface area contributed by atoms with Crippen molar-refractivity contribution in [2.24, 2.45) is 5.92 Å². The summed E-state index contributed by atoms with van der Waals surface area (Å²) in [5, 5.41) is 3.41. The van der Waals surface area contributed by atoms with Crippen LogP contribution in [0.1, 0.15) is 18.1 Å². The summed E-state index contributed by atoms with van der Waals surface area (Å²) in [5.74, 6) is 1.75. The molecule has 1 aromatic rings. The largest absolute Gasteiger partial charge is 0.493 e. The fourth-order valence-corrected chi connectivity index (χ4v) is 2.41. The van der Waals surface area contributed by atoms with E-state index < -0.39 is 0 Å². The van der Waals surface area contributed by atoms with Crippen LogP contribution < -0.4 is 10.1 Å². The summed E-state index contributed by atoms with van der Waals surface area (Å²) in [5.41, 5.74) is 2.72. The van der Waals surface area contributed by atoms with Crippen molar-refractivity contribution in [3.63, 3.8) is 0 Å². The van der Waals surface area contributed by atoms with E-state index in [0.717, 1.165) is 44.9 Å². The van der Waals surface area contributed by atoms with Crippen LogP contribution >= 0.6 is 0 Å². The van der Waals surface area contributed by atoms with Gasteiger partial charge >= 0.3 is 0 Å². The fraction of sp³-hybridized carbons (Fsp3) is 0.600. The number of para-hydroxylation sites is 1. The summed E-state index contributed by atoms with van der Waals surface area (Å²) in [4.78, 5) is 0. The first-order valence-corrected chi connectivity index (χ1v) is 6.74. The molecule has 0 bridgehead atoms. The highest BCUT2D eigenvalue weighted by molar-refractivity contribution is 5.44. The molecule has 1 aromatic carbocycles. The molecule has 100 valence electrons. The number of methoxy groups -OCH3 is 1. The van der Waals surface area contributed by atoms with E-state index in [9.17, 15) is 0 Å². The fourth-order valence-electron chi connectivity index (χ4n) is 2.41. The highest BCUT2D eigenvalue weighted by atomic mass is 16.5. The quantitative estimate of drug-likeness (QED) is 0.750. The Morgan fingerprint density at radius 3 is 3.17 bits per heavy atom. The summed E-state index contributed by atoms with van der Waals surface area (Å²) in [7, 11) is 1.73. The van der Waals surface area contributed by atoms with Crippen molar-refractivity contribution in [2.75, 3.05) is 33.4 Å². The Morgan fingerprint density at radius 2 is 2.33 bits per heavy atom. The summed E-state index contributed by atoms with van der Waals surface area (Å²) < 4.78 is 10.8. The minimum absolute atomic E-state index is 0.609. The highest BCUT2D eigenvalue weighted by Crippen LogP contribution is 2.30. The molecular formula is C15H23NO2. The smallest absolute Gasteiger partial charge is 0.125 e. The van der Waals surface area contributed by atoms with E-state index in [1.807, 2.05) is 0 Å². The summed E-state index contributed by atoms with van der Waals surface area (Å²) >= 11 is 0. The molecule has 0 aliphatic carbocycles. The molecular weight excluding hydrogens is 226 g/mol. The Kier molecular flexibility index (Phi) is 5.02. The maximum atomic E-state index is 5.73. The van der Waals surface area contributed by atoms with E-state index in [-0.39, 0.29) is 0 Å². The number of ether oxygens (including phenoxy) is 2. The second kappa shape index (κ2) is 6.76. The third-order valence-electron chi connectivity index (χ3n) is 3.34. The second-order valence-electron chi connectivity index (χ2n) is 5.01. The zero-order chi connectivity index (χ0) is 12.8. The van der Waals surface area contributed by atoms with Crippen LogP contribution in [0.25, 0.3) is 0 Å². The zero-order valence-electron chi connectivity index (χ0n) is 11.4. The van der Waals surface area contributed by atoms with Crippen LogP contribution in [-0.2, 0) is 17.6 Å². The predicted molar refractivity (Wildman–Crippen MR) is 73.3 cm³/mol. The van der Waals surface area contributed by atoms with Gasteiger partial charge in [0.2, 0.25) is 0 Å². The molecule has 0 radical (unpaired) electrons. The van der Waals surface area contributed by atoms with Crippen molar-refractivity contribution in [3.8, 4) is 5.75 Å². The van der Waals surface area contributed by atoms with Gasteiger partial charge in [-0.3, -0.25) is 0 Å². The molecule has 0 aromatic heterocycles. The first kappa shape index (κ1) is 13.4. The van der Waals surface area contributed by atoms with Gasteiger partial charge in [0, 0.05) is 20.1 Å². The number of benzene rings is 1. The van der Waals surface area contributed by atoms with Crippen molar-refractivity contribution in [1.29, 1.82) is 0 Å². The lowest BCUT2D eigenvalue weighted by Crippen LogP contribution is -2.25. The predicted octanol–water partition coefficient (Wildman–Crippen LogP) is 2.04. The molecule has 1 atom stereocenters. The van der Waals surface area contributed by atoms with Crippen LogP contribution in [0.4, 0.5) is 0 Å². The minimum Gasteiger partial charge on any atom is -0.493 e. The topological polar surface area (TPSA) is 30.5 Å².